The van der Waals surface area contributed by atoms with Gasteiger partial charge in [0.1, 0.15) is 5.69 Å². The predicted molar refractivity (Wildman–Crippen MR) is 124 cm³/mol. The molecule has 4 rings (SSSR count). The van der Waals surface area contributed by atoms with E-state index < -0.39 is 0 Å². The van der Waals surface area contributed by atoms with Gasteiger partial charge in [-0.3, -0.25) is 4.98 Å². The average Bonchev–Trinajstić information content (AvgIpc) is 2.80. The highest BCUT2D eigenvalue weighted by Gasteiger charge is 2.18. The number of nitrogens with zero attached hydrogens (tertiary/aromatic N) is 3. The van der Waals surface area contributed by atoms with Crippen molar-refractivity contribution in [3.05, 3.63) is 60.9 Å². The molecule has 0 bridgehead atoms. The fourth-order valence-corrected chi connectivity index (χ4v) is 3.99. The van der Waals surface area contributed by atoms with Gasteiger partial charge in [0.25, 0.3) is 0 Å². The standard InChI is InChI=1S/C23H25N5OS/c1-30-20-10-8-18(9-11-20)26-23(29)27-19-7-5-6-17(16-19)21-22(25-13-12-24-21)28-14-3-2-4-15-28/h5-13,16H,2-4,14-15H2,1H3,(H2,26,27,29). The Bertz CT molecular complexity index is 1000. The van der Waals surface area contributed by atoms with Gasteiger partial charge in [0, 0.05) is 47.3 Å². The number of hydrogen-bond acceptors (Lipinski definition) is 5. The van der Waals surface area contributed by atoms with Gasteiger partial charge in [0.15, 0.2) is 5.82 Å². The zero-order valence-electron chi connectivity index (χ0n) is 17.0. The van der Waals surface area contributed by atoms with Crippen LogP contribution < -0.4 is 15.5 Å². The summed E-state index contributed by atoms with van der Waals surface area (Å²) in [5.74, 6) is 0.910. The quantitative estimate of drug-likeness (QED) is 0.535. The zero-order chi connectivity index (χ0) is 20.8. The summed E-state index contributed by atoms with van der Waals surface area (Å²) in [7, 11) is 0. The summed E-state index contributed by atoms with van der Waals surface area (Å²) in [5.41, 5.74) is 3.24. The first-order chi connectivity index (χ1) is 14.7. The molecule has 0 aliphatic carbocycles. The fraction of sp³-hybridized carbons (Fsp3) is 0.261. The van der Waals surface area contributed by atoms with E-state index in [1.54, 1.807) is 24.2 Å². The predicted octanol–water partition coefficient (Wildman–Crippen LogP) is 5.50. The summed E-state index contributed by atoms with van der Waals surface area (Å²) in [6, 6.07) is 15.2. The Morgan fingerprint density at radius 3 is 2.43 bits per heavy atom. The van der Waals surface area contributed by atoms with E-state index >= 15 is 0 Å². The van der Waals surface area contributed by atoms with Crippen molar-refractivity contribution in [1.29, 1.82) is 0 Å². The lowest BCUT2D eigenvalue weighted by Gasteiger charge is -2.28. The Labute approximate surface area is 181 Å². The summed E-state index contributed by atoms with van der Waals surface area (Å²) < 4.78 is 0. The molecule has 30 heavy (non-hydrogen) atoms. The number of nitrogens with one attached hydrogen (secondary N) is 2. The van der Waals surface area contributed by atoms with E-state index in [1.165, 1.54) is 19.3 Å². The Balaban J connectivity index is 1.49. The van der Waals surface area contributed by atoms with Crippen molar-refractivity contribution in [2.75, 3.05) is 34.9 Å². The second-order valence-electron chi connectivity index (χ2n) is 7.16. The molecule has 7 heteroatoms. The molecule has 1 aliphatic rings. The first kappa shape index (κ1) is 20.2. The fourth-order valence-electron chi connectivity index (χ4n) is 3.58. The monoisotopic (exact) mass is 419 g/mol. The highest BCUT2D eigenvalue weighted by molar-refractivity contribution is 7.98. The number of thioether (sulfide) groups is 1. The van der Waals surface area contributed by atoms with Crippen molar-refractivity contribution >= 4 is 35.0 Å². The number of anilines is 3. The van der Waals surface area contributed by atoms with Gasteiger partial charge in [0.05, 0.1) is 0 Å². The van der Waals surface area contributed by atoms with Gasteiger partial charge in [-0.15, -0.1) is 11.8 Å². The maximum Gasteiger partial charge on any atom is 0.323 e. The van der Waals surface area contributed by atoms with Gasteiger partial charge in [-0.25, -0.2) is 9.78 Å². The van der Waals surface area contributed by atoms with E-state index in [2.05, 4.69) is 25.5 Å². The van der Waals surface area contributed by atoms with Crippen LogP contribution in [-0.4, -0.2) is 35.3 Å². The van der Waals surface area contributed by atoms with Crippen LogP contribution in [0, 0.1) is 0 Å². The minimum Gasteiger partial charge on any atom is -0.355 e. The summed E-state index contributed by atoms with van der Waals surface area (Å²) >= 11 is 1.67. The van der Waals surface area contributed by atoms with Crippen LogP contribution in [0.2, 0.25) is 0 Å². The van der Waals surface area contributed by atoms with E-state index in [4.69, 9.17) is 0 Å². The normalized spacial score (nSPS) is 13.7. The molecular formula is C23H25N5OS. The molecule has 2 amide bonds. The van der Waals surface area contributed by atoms with Crippen LogP contribution in [0.1, 0.15) is 19.3 Å². The van der Waals surface area contributed by atoms with Crippen LogP contribution in [0.5, 0.6) is 0 Å². The molecule has 3 aromatic rings. The molecule has 0 radical (unpaired) electrons. The van der Waals surface area contributed by atoms with Crippen LogP contribution in [0.4, 0.5) is 22.0 Å². The number of benzene rings is 2. The van der Waals surface area contributed by atoms with Crippen molar-refractivity contribution in [3.8, 4) is 11.3 Å². The van der Waals surface area contributed by atoms with Gasteiger partial charge in [-0.1, -0.05) is 12.1 Å². The molecular weight excluding hydrogens is 394 g/mol. The third-order valence-electron chi connectivity index (χ3n) is 5.08. The van der Waals surface area contributed by atoms with Crippen molar-refractivity contribution in [3.63, 3.8) is 0 Å². The SMILES string of the molecule is CSc1ccc(NC(=O)Nc2cccc(-c3nccnc3N3CCCCC3)c2)cc1. The van der Waals surface area contributed by atoms with Gasteiger partial charge in [-0.2, -0.15) is 0 Å². The van der Waals surface area contributed by atoms with Crippen LogP contribution in [-0.2, 0) is 0 Å². The molecule has 1 fully saturated rings. The van der Waals surface area contributed by atoms with E-state index in [9.17, 15) is 4.79 Å². The lowest BCUT2D eigenvalue weighted by atomic mass is 10.1. The van der Waals surface area contributed by atoms with Gasteiger partial charge < -0.3 is 15.5 Å². The van der Waals surface area contributed by atoms with E-state index in [0.29, 0.717) is 5.69 Å². The minimum atomic E-state index is -0.278. The highest BCUT2D eigenvalue weighted by atomic mass is 32.2. The molecule has 2 aromatic carbocycles. The molecule has 1 aliphatic heterocycles. The number of aromatic nitrogens is 2. The third kappa shape index (κ3) is 4.91. The largest absolute Gasteiger partial charge is 0.355 e. The molecule has 0 saturated carbocycles. The Morgan fingerprint density at radius 2 is 1.67 bits per heavy atom. The lowest BCUT2D eigenvalue weighted by molar-refractivity contribution is 0.262. The Kier molecular flexibility index (Phi) is 6.49. The smallest absolute Gasteiger partial charge is 0.323 e. The topological polar surface area (TPSA) is 70.1 Å². The molecule has 154 valence electrons. The summed E-state index contributed by atoms with van der Waals surface area (Å²) in [6.45, 7) is 2.00. The van der Waals surface area contributed by atoms with Gasteiger partial charge >= 0.3 is 6.03 Å². The van der Waals surface area contributed by atoms with Crippen LogP contribution in [0.3, 0.4) is 0 Å². The number of urea groups is 1. The molecule has 0 unspecified atom stereocenters. The molecule has 0 atom stereocenters. The maximum atomic E-state index is 12.4. The Morgan fingerprint density at radius 1 is 0.933 bits per heavy atom. The molecule has 1 aromatic heterocycles. The number of hydrogen-bond donors (Lipinski definition) is 2. The summed E-state index contributed by atoms with van der Waals surface area (Å²) in [5, 5.41) is 5.78. The van der Waals surface area contributed by atoms with Crippen molar-refractivity contribution in [2.45, 2.75) is 24.2 Å². The molecule has 6 nitrogen and oxygen atoms in total. The van der Waals surface area contributed by atoms with Crippen LogP contribution >= 0.6 is 11.8 Å². The number of rotatable bonds is 5. The Hall–Kier alpha value is -3.06. The number of piperidine rings is 1. The highest BCUT2D eigenvalue weighted by Crippen LogP contribution is 2.30. The number of carbonyl (C=O) groups excluding carboxylic acids is 1. The second kappa shape index (κ2) is 9.63. The first-order valence-corrected chi connectivity index (χ1v) is 11.3. The summed E-state index contributed by atoms with van der Waals surface area (Å²) in [4.78, 5) is 25.1. The minimum absolute atomic E-state index is 0.278. The zero-order valence-corrected chi connectivity index (χ0v) is 17.8. The number of carbonyl (C=O) groups is 1. The summed E-state index contributed by atoms with van der Waals surface area (Å²) in [6.07, 6.45) is 9.10. The van der Waals surface area contributed by atoms with Crippen molar-refractivity contribution in [2.24, 2.45) is 0 Å². The molecule has 0 spiro atoms. The van der Waals surface area contributed by atoms with E-state index in [1.807, 2.05) is 54.8 Å². The average molecular weight is 420 g/mol. The van der Waals surface area contributed by atoms with Crippen molar-refractivity contribution in [1.82, 2.24) is 9.97 Å². The third-order valence-corrected chi connectivity index (χ3v) is 5.82. The lowest BCUT2D eigenvalue weighted by Crippen LogP contribution is -2.30. The second-order valence-corrected chi connectivity index (χ2v) is 8.04. The van der Waals surface area contributed by atoms with E-state index in [-0.39, 0.29) is 6.03 Å². The first-order valence-electron chi connectivity index (χ1n) is 10.1. The van der Waals surface area contributed by atoms with Gasteiger partial charge in [-0.05, 0) is 61.9 Å². The molecule has 1 saturated heterocycles. The molecule has 2 heterocycles. The van der Waals surface area contributed by atoms with Crippen LogP contribution in [0.15, 0.2) is 65.8 Å². The van der Waals surface area contributed by atoms with Gasteiger partial charge in [0.2, 0.25) is 0 Å². The number of amides is 2. The maximum absolute atomic E-state index is 12.4. The van der Waals surface area contributed by atoms with Crippen molar-refractivity contribution < 1.29 is 4.79 Å². The van der Waals surface area contributed by atoms with E-state index in [0.717, 1.165) is 40.7 Å². The molecule has 2 N–H and O–H groups in total. The van der Waals surface area contributed by atoms with Crippen LogP contribution in [0.25, 0.3) is 11.3 Å².